The molecule has 0 fully saturated rings. The van der Waals surface area contributed by atoms with Gasteiger partial charge in [-0.25, -0.2) is 0 Å². The smallest absolute Gasteiger partial charge is 0.0474 e. The van der Waals surface area contributed by atoms with Crippen molar-refractivity contribution in [2.75, 3.05) is 4.90 Å². The molecule has 57 heavy (non-hydrogen) atoms. The third kappa shape index (κ3) is 6.56. The molecule has 268 valence electrons. The lowest BCUT2D eigenvalue weighted by Crippen LogP contribution is -2.11. The van der Waals surface area contributed by atoms with E-state index < -0.39 is 0 Å². The molecule has 0 aliphatic heterocycles. The maximum absolute atomic E-state index is 2.42. The van der Waals surface area contributed by atoms with Gasteiger partial charge in [0, 0.05) is 17.1 Å². The first-order chi connectivity index (χ1) is 28.3. The first-order valence-electron chi connectivity index (χ1n) is 19.6. The molecule has 10 aromatic carbocycles. The molecule has 0 aliphatic carbocycles. The van der Waals surface area contributed by atoms with Crippen molar-refractivity contribution in [1.82, 2.24) is 0 Å². The highest BCUT2D eigenvalue weighted by molar-refractivity contribution is 6.16. The highest BCUT2D eigenvalue weighted by Crippen LogP contribution is 2.49. The van der Waals surface area contributed by atoms with Crippen LogP contribution in [-0.2, 0) is 0 Å². The zero-order valence-corrected chi connectivity index (χ0v) is 31.5. The Kier molecular flexibility index (Phi) is 8.95. The summed E-state index contributed by atoms with van der Waals surface area (Å²) < 4.78 is 0. The molecule has 10 rings (SSSR count). The predicted octanol–water partition coefficient (Wildman–Crippen LogP) is 15.8. The van der Waals surface area contributed by atoms with Crippen molar-refractivity contribution < 1.29 is 0 Å². The molecule has 0 N–H and O–H groups in total. The van der Waals surface area contributed by atoms with Crippen LogP contribution in [0.3, 0.4) is 0 Å². The van der Waals surface area contributed by atoms with E-state index in [0.29, 0.717) is 0 Å². The SMILES string of the molecule is c1ccc(-c2ccc(N(c3cccc(-c4ccccc4)c3)c3cc(-c4ccccc4)c(-c4cc5ccccc5c5ccccc45)c(-c4ccccc4)c3)cc2)cc1. The minimum absolute atomic E-state index is 1.08. The quantitative estimate of drug-likeness (QED) is 0.141. The number of nitrogens with zero attached hydrogens (tertiary/aromatic N) is 1. The number of fused-ring (bicyclic) bond motifs is 3. The van der Waals surface area contributed by atoms with E-state index in [9.17, 15) is 0 Å². The average Bonchev–Trinajstić information content (AvgIpc) is 3.30. The molecule has 0 saturated carbocycles. The van der Waals surface area contributed by atoms with Gasteiger partial charge in [-0.15, -0.1) is 0 Å². The van der Waals surface area contributed by atoms with E-state index in [0.717, 1.165) is 17.1 Å². The lowest BCUT2D eigenvalue weighted by atomic mass is 9.83. The number of rotatable bonds is 8. The summed E-state index contributed by atoms with van der Waals surface area (Å²) in [6, 6.07) is 85.8. The maximum atomic E-state index is 2.42. The Bertz CT molecular complexity index is 2910. The minimum atomic E-state index is 1.08. The first kappa shape index (κ1) is 34.0. The van der Waals surface area contributed by atoms with Gasteiger partial charge in [-0.1, -0.05) is 194 Å². The molecular formula is C56H39N. The van der Waals surface area contributed by atoms with Gasteiger partial charge in [0.2, 0.25) is 0 Å². The molecule has 0 atom stereocenters. The Morgan fingerprint density at radius 2 is 0.684 bits per heavy atom. The summed E-state index contributed by atoms with van der Waals surface area (Å²) >= 11 is 0. The van der Waals surface area contributed by atoms with Crippen LogP contribution in [0.25, 0.3) is 77.2 Å². The van der Waals surface area contributed by atoms with Crippen molar-refractivity contribution >= 4 is 38.6 Å². The van der Waals surface area contributed by atoms with Crippen LogP contribution in [0.5, 0.6) is 0 Å². The number of benzene rings is 10. The van der Waals surface area contributed by atoms with Crippen LogP contribution in [0.15, 0.2) is 237 Å². The van der Waals surface area contributed by atoms with Gasteiger partial charge in [0.15, 0.2) is 0 Å². The van der Waals surface area contributed by atoms with Crippen molar-refractivity contribution in [2.45, 2.75) is 0 Å². The zero-order chi connectivity index (χ0) is 38.0. The molecule has 0 radical (unpaired) electrons. The third-order valence-corrected chi connectivity index (χ3v) is 11.0. The summed E-state index contributed by atoms with van der Waals surface area (Å²) in [5.74, 6) is 0. The van der Waals surface area contributed by atoms with Gasteiger partial charge in [0.1, 0.15) is 0 Å². The number of hydrogen-bond acceptors (Lipinski definition) is 1. The minimum Gasteiger partial charge on any atom is -0.310 e. The third-order valence-electron chi connectivity index (χ3n) is 11.0. The molecule has 0 saturated heterocycles. The van der Waals surface area contributed by atoms with E-state index >= 15 is 0 Å². The monoisotopic (exact) mass is 725 g/mol. The molecule has 0 amide bonds. The molecule has 0 heterocycles. The Labute approximate surface area is 334 Å². The molecule has 10 aromatic rings. The molecule has 0 unspecified atom stereocenters. The van der Waals surface area contributed by atoms with Gasteiger partial charge in [0.05, 0.1) is 0 Å². The Hall–Kier alpha value is -7.48. The Morgan fingerprint density at radius 1 is 0.228 bits per heavy atom. The number of anilines is 3. The van der Waals surface area contributed by atoms with E-state index in [-0.39, 0.29) is 0 Å². The Morgan fingerprint density at radius 3 is 1.28 bits per heavy atom. The van der Waals surface area contributed by atoms with E-state index in [2.05, 4.69) is 241 Å². The van der Waals surface area contributed by atoms with Crippen LogP contribution in [0.1, 0.15) is 0 Å². The average molecular weight is 726 g/mol. The van der Waals surface area contributed by atoms with Crippen molar-refractivity contribution in [2.24, 2.45) is 0 Å². The second-order valence-electron chi connectivity index (χ2n) is 14.5. The van der Waals surface area contributed by atoms with E-state index in [1.165, 1.54) is 77.2 Å². The second kappa shape index (κ2) is 15.0. The Balaban J connectivity index is 1.28. The first-order valence-corrected chi connectivity index (χ1v) is 19.6. The fourth-order valence-corrected chi connectivity index (χ4v) is 8.33. The van der Waals surface area contributed by atoms with Crippen molar-refractivity contribution in [3.05, 3.63) is 237 Å². The van der Waals surface area contributed by atoms with Crippen LogP contribution in [0, 0.1) is 0 Å². The van der Waals surface area contributed by atoms with Crippen molar-refractivity contribution in [1.29, 1.82) is 0 Å². The fraction of sp³-hybridized carbons (Fsp3) is 0. The van der Waals surface area contributed by atoms with Crippen LogP contribution < -0.4 is 4.90 Å². The van der Waals surface area contributed by atoms with Gasteiger partial charge in [-0.3, -0.25) is 0 Å². The summed E-state index contributed by atoms with van der Waals surface area (Å²) in [5, 5.41) is 4.98. The molecule has 1 heteroatoms. The van der Waals surface area contributed by atoms with Crippen molar-refractivity contribution in [3.8, 4) is 55.6 Å². The van der Waals surface area contributed by atoms with Gasteiger partial charge >= 0.3 is 0 Å². The summed E-state index contributed by atoms with van der Waals surface area (Å²) in [4.78, 5) is 2.42. The summed E-state index contributed by atoms with van der Waals surface area (Å²) in [7, 11) is 0. The van der Waals surface area contributed by atoms with Gasteiger partial charge in [0.25, 0.3) is 0 Å². The van der Waals surface area contributed by atoms with Gasteiger partial charge < -0.3 is 4.90 Å². The molecule has 0 bridgehead atoms. The van der Waals surface area contributed by atoms with Crippen LogP contribution in [0.4, 0.5) is 17.1 Å². The van der Waals surface area contributed by atoms with Crippen LogP contribution in [0.2, 0.25) is 0 Å². The van der Waals surface area contributed by atoms with E-state index in [1.807, 2.05) is 0 Å². The summed E-state index contributed by atoms with van der Waals surface area (Å²) in [5.41, 5.74) is 15.1. The fourth-order valence-electron chi connectivity index (χ4n) is 8.33. The molecule has 0 aromatic heterocycles. The normalized spacial score (nSPS) is 11.2. The molecule has 0 spiro atoms. The highest BCUT2D eigenvalue weighted by atomic mass is 15.1. The lowest BCUT2D eigenvalue weighted by molar-refractivity contribution is 1.28. The summed E-state index contributed by atoms with van der Waals surface area (Å²) in [6.45, 7) is 0. The molecule has 1 nitrogen and oxygen atoms in total. The number of hydrogen-bond donors (Lipinski definition) is 0. The van der Waals surface area contributed by atoms with Gasteiger partial charge in [-0.2, -0.15) is 0 Å². The summed E-state index contributed by atoms with van der Waals surface area (Å²) in [6.07, 6.45) is 0. The highest BCUT2D eigenvalue weighted by Gasteiger charge is 2.23. The topological polar surface area (TPSA) is 3.24 Å². The van der Waals surface area contributed by atoms with Gasteiger partial charge in [-0.05, 0) is 120 Å². The largest absolute Gasteiger partial charge is 0.310 e. The van der Waals surface area contributed by atoms with Crippen LogP contribution in [-0.4, -0.2) is 0 Å². The molecule has 0 aliphatic rings. The maximum Gasteiger partial charge on any atom is 0.0474 e. The van der Waals surface area contributed by atoms with E-state index in [4.69, 9.17) is 0 Å². The predicted molar refractivity (Wildman–Crippen MR) is 243 cm³/mol. The zero-order valence-electron chi connectivity index (χ0n) is 31.5. The van der Waals surface area contributed by atoms with Crippen LogP contribution >= 0.6 is 0 Å². The van der Waals surface area contributed by atoms with Crippen molar-refractivity contribution in [3.63, 3.8) is 0 Å². The lowest BCUT2D eigenvalue weighted by Gasteiger charge is -2.29. The van der Waals surface area contributed by atoms with E-state index in [1.54, 1.807) is 0 Å². The molecular weight excluding hydrogens is 687 g/mol. The standard InChI is InChI=1S/C56H39N/c1-5-18-40(19-6-1)42-32-34-47(35-33-42)57(48-28-17-27-45(36-48)41-20-7-2-8-21-41)49-38-53(43-22-9-3-10-23-43)56(54(39-49)44-24-11-4-12-25-44)55-37-46-26-13-14-29-50(46)51-30-15-16-31-52(51)55/h1-39H. The second-order valence-corrected chi connectivity index (χ2v) is 14.5.